The summed E-state index contributed by atoms with van der Waals surface area (Å²) in [6.45, 7) is 7.99. The molecular weight excluding hydrogens is 408 g/mol. The molecule has 0 bridgehead atoms. The maximum atomic E-state index is 5.80. The molecule has 0 N–H and O–H groups in total. The van der Waals surface area contributed by atoms with Gasteiger partial charge in [-0.05, 0) is 48.2 Å². The zero-order valence-electron chi connectivity index (χ0n) is 20.1. The van der Waals surface area contributed by atoms with E-state index < -0.39 is 0 Å². The van der Waals surface area contributed by atoms with Crippen LogP contribution in [0, 0.1) is 0 Å². The quantitative estimate of drug-likeness (QED) is 0.400. The summed E-state index contributed by atoms with van der Waals surface area (Å²) in [5.74, 6) is 3.41. The number of hydrogen-bond acceptors (Lipinski definition) is 6. The number of methoxy groups -OCH3 is 3. The van der Waals surface area contributed by atoms with E-state index in [2.05, 4.69) is 13.0 Å². The van der Waals surface area contributed by atoms with Crippen molar-refractivity contribution in [3.8, 4) is 28.7 Å². The van der Waals surface area contributed by atoms with Crippen molar-refractivity contribution in [3.05, 3.63) is 47.5 Å². The van der Waals surface area contributed by atoms with Crippen LogP contribution in [0.2, 0.25) is 0 Å². The van der Waals surface area contributed by atoms with Crippen molar-refractivity contribution >= 4 is 6.08 Å². The first-order chi connectivity index (χ1) is 15.7. The van der Waals surface area contributed by atoms with E-state index in [4.69, 9.17) is 28.4 Å². The zero-order valence-corrected chi connectivity index (χ0v) is 20.1. The van der Waals surface area contributed by atoms with E-state index in [1.165, 1.54) is 0 Å². The van der Waals surface area contributed by atoms with Crippen molar-refractivity contribution in [2.75, 3.05) is 41.2 Å². The third-order valence-corrected chi connectivity index (χ3v) is 4.65. The highest BCUT2D eigenvalue weighted by atomic mass is 16.6. The lowest BCUT2D eigenvalue weighted by molar-refractivity contribution is 0.252. The maximum absolute atomic E-state index is 5.80. The highest BCUT2D eigenvalue weighted by Crippen LogP contribution is 2.39. The van der Waals surface area contributed by atoms with Gasteiger partial charge < -0.3 is 28.4 Å². The summed E-state index contributed by atoms with van der Waals surface area (Å²) in [4.78, 5) is 0. The number of rotatable bonds is 12. The number of hydrogen-bond donors (Lipinski definition) is 0. The molecule has 1 aliphatic rings. The first-order valence-electron chi connectivity index (χ1n) is 11.1. The van der Waals surface area contributed by atoms with Gasteiger partial charge >= 0.3 is 0 Å². The molecule has 6 nitrogen and oxygen atoms in total. The molecule has 1 aliphatic heterocycles. The van der Waals surface area contributed by atoms with E-state index >= 15 is 0 Å². The molecule has 0 spiro atoms. The smallest absolute Gasteiger partial charge is 0.203 e. The Balaban J connectivity index is 0.00000176. The third kappa shape index (κ3) is 7.38. The van der Waals surface area contributed by atoms with Gasteiger partial charge in [-0.1, -0.05) is 39.0 Å². The molecule has 6 heteroatoms. The minimum absolute atomic E-state index is 0.213. The van der Waals surface area contributed by atoms with Crippen LogP contribution in [-0.4, -0.2) is 47.3 Å². The van der Waals surface area contributed by atoms with Crippen LogP contribution in [0.5, 0.6) is 28.7 Å². The van der Waals surface area contributed by atoms with Crippen molar-refractivity contribution in [1.82, 2.24) is 0 Å². The Morgan fingerprint density at radius 3 is 2.12 bits per heavy atom. The molecule has 1 unspecified atom stereocenters. The molecule has 1 saturated heterocycles. The van der Waals surface area contributed by atoms with Crippen molar-refractivity contribution in [1.29, 1.82) is 0 Å². The van der Waals surface area contributed by atoms with E-state index in [-0.39, 0.29) is 6.10 Å². The fourth-order valence-corrected chi connectivity index (χ4v) is 2.98. The van der Waals surface area contributed by atoms with Gasteiger partial charge in [0.15, 0.2) is 23.0 Å². The second-order valence-corrected chi connectivity index (χ2v) is 6.96. The summed E-state index contributed by atoms with van der Waals surface area (Å²) >= 11 is 0. The molecular formula is C26H36O6. The first kappa shape index (κ1) is 25.4. The molecule has 2 aromatic carbocycles. The van der Waals surface area contributed by atoms with Crippen LogP contribution in [0.1, 0.15) is 38.3 Å². The summed E-state index contributed by atoms with van der Waals surface area (Å²) < 4.78 is 33.2. The van der Waals surface area contributed by atoms with E-state index in [9.17, 15) is 0 Å². The Kier molecular flexibility index (Phi) is 10.7. The monoisotopic (exact) mass is 444 g/mol. The van der Waals surface area contributed by atoms with E-state index in [1.807, 2.05) is 50.3 Å². The Labute approximate surface area is 192 Å². The van der Waals surface area contributed by atoms with Gasteiger partial charge in [-0.2, -0.15) is 0 Å². The van der Waals surface area contributed by atoms with Gasteiger partial charge in [-0.3, -0.25) is 0 Å². The van der Waals surface area contributed by atoms with Crippen molar-refractivity contribution in [2.24, 2.45) is 0 Å². The molecule has 176 valence electrons. The molecule has 3 rings (SSSR count). The Morgan fingerprint density at radius 2 is 1.56 bits per heavy atom. The fourth-order valence-electron chi connectivity index (χ4n) is 2.98. The van der Waals surface area contributed by atoms with Gasteiger partial charge in [0.2, 0.25) is 5.75 Å². The molecule has 2 aromatic rings. The van der Waals surface area contributed by atoms with Crippen molar-refractivity contribution in [2.45, 2.75) is 39.7 Å². The van der Waals surface area contributed by atoms with E-state index in [0.717, 1.165) is 42.1 Å². The van der Waals surface area contributed by atoms with Crippen molar-refractivity contribution < 1.29 is 28.4 Å². The highest BCUT2D eigenvalue weighted by Gasteiger charge is 2.23. The predicted molar refractivity (Wildman–Crippen MR) is 128 cm³/mol. The van der Waals surface area contributed by atoms with Crippen LogP contribution in [0.15, 0.2) is 36.4 Å². The molecule has 0 aromatic heterocycles. The molecule has 0 amide bonds. The lowest BCUT2D eigenvalue weighted by Crippen LogP contribution is -2.05. The average molecular weight is 445 g/mol. The Hall–Kier alpha value is -2.86. The SMILES string of the molecule is CC.CCCOc1c(OC)cc(/C=C/Cc2ccc(OCC3CO3)c(OC)c2)cc1OC. The van der Waals surface area contributed by atoms with Crippen LogP contribution in [0.25, 0.3) is 6.08 Å². The molecule has 1 heterocycles. The molecule has 32 heavy (non-hydrogen) atoms. The number of allylic oxidation sites excluding steroid dienone is 1. The largest absolute Gasteiger partial charge is 0.493 e. The Morgan fingerprint density at radius 1 is 0.906 bits per heavy atom. The van der Waals surface area contributed by atoms with Crippen molar-refractivity contribution in [3.63, 3.8) is 0 Å². The Bertz CT molecular complexity index is 832. The van der Waals surface area contributed by atoms with Gasteiger partial charge in [0.1, 0.15) is 12.7 Å². The first-order valence-corrected chi connectivity index (χ1v) is 11.1. The maximum Gasteiger partial charge on any atom is 0.203 e. The van der Waals surface area contributed by atoms with Gasteiger partial charge in [0, 0.05) is 0 Å². The standard InChI is InChI=1S/C24H30O6.C2H6/c1-5-11-28-24-22(26-3)13-18(14-23(24)27-4)8-6-7-17-9-10-20(21(12-17)25-2)30-16-19-15-29-19;1-2/h6,8-10,12-14,19H,5,7,11,15-16H2,1-4H3;1-2H3/b8-6+;. The summed E-state index contributed by atoms with van der Waals surface area (Å²) in [5, 5.41) is 0. The van der Waals surface area contributed by atoms with Gasteiger partial charge in [-0.25, -0.2) is 0 Å². The van der Waals surface area contributed by atoms with Crippen LogP contribution in [-0.2, 0) is 11.2 Å². The van der Waals surface area contributed by atoms with Gasteiger partial charge in [-0.15, -0.1) is 0 Å². The molecule has 0 aliphatic carbocycles. The lowest BCUT2D eigenvalue weighted by atomic mass is 10.1. The fraction of sp³-hybridized carbons (Fsp3) is 0.462. The van der Waals surface area contributed by atoms with Gasteiger partial charge in [0.25, 0.3) is 0 Å². The van der Waals surface area contributed by atoms with E-state index in [1.54, 1.807) is 21.3 Å². The van der Waals surface area contributed by atoms with Crippen LogP contribution in [0.3, 0.4) is 0 Å². The molecule has 0 saturated carbocycles. The van der Waals surface area contributed by atoms with Gasteiger partial charge in [0.05, 0.1) is 34.5 Å². The summed E-state index contributed by atoms with van der Waals surface area (Å²) in [6.07, 6.45) is 6.01. The zero-order chi connectivity index (χ0) is 23.3. The molecule has 0 radical (unpaired) electrons. The number of benzene rings is 2. The molecule has 1 fully saturated rings. The predicted octanol–water partition coefficient (Wildman–Crippen LogP) is 5.56. The summed E-state index contributed by atoms with van der Waals surface area (Å²) in [6, 6.07) is 9.87. The normalized spacial score (nSPS) is 14.4. The lowest BCUT2D eigenvalue weighted by Gasteiger charge is -2.15. The minimum Gasteiger partial charge on any atom is -0.493 e. The number of epoxide rings is 1. The van der Waals surface area contributed by atoms with E-state index in [0.29, 0.717) is 30.5 Å². The van der Waals surface area contributed by atoms with Crippen LogP contribution in [0.4, 0.5) is 0 Å². The van der Waals surface area contributed by atoms with Crippen LogP contribution < -0.4 is 23.7 Å². The summed E-state index contributed by atoms with van der Waals surface area (Å²) in [5.41, 5.74) is 2.10. The summed E-state index contributed by atoms with van der Waals surface area (Å²) in [7, 11) is 4.91. The second kappa shape index (κ2) is 13.5. The molecule has 1 atom stereocenters. The average Bonchev–Trinajstić information content (AvgIpc) is 3.67. The van der Waals surface area contributed by atoms with Crippen LogP contribution >= 0.6 is 0 Å². The highest BCUT2D eigenvalue weighted by molar-refractivity contribution is 5.62. The third-order valence-electron chi connectivity index (χ3n) is 4.65. The second-order valence-electron chi connectivity index (χ2n) is 6.96. The minimum atomic E-state index is 0.213. The number of ether oxygens (including phenoxy) is 6. The topological polar surface area (TPSA) is 58.7 Å².